The van der Waals surface area contributed by atoms with Crippen LogP contribution in [-0.2, 0) is 0 Å². The van der Waals surface area contributed by atoms with Crippen LogP contribution >= 0.6 is 0 Å². The van der Waals surface area contributed by atoms with E-state index in [0.717, 1.165) is 12.1 Å². The zero-order valence-electron chi connectivity index (χ0n) is 11.1. The Morgan fingerprint density at radius 2 is 1.69 bits per heavy atom. The zero-order valence-corrected chi connectivity index (χ0v) is 11.1. The first-order valence-corrected chi connectivity index (χ1v) is 7.33. The van der Waals surface area contributed by atoms with Crippen LogP contribution in [0.15, 0.2) is 0 Å². The molecule has 16 heavy (non-hydrogen) atoms. The van der Waals surface area contributed by atoms with E-state index < -0.39 is 0 Å². The smallest absolute Gasteiger partial charge is 0.0122 e. The number of likely N-dealkylation sites (tertiary alicyclic amines) is 2. The largest absolute Gasteiger partial charge is 0.303 e. The second kappa shape index (κ2) is 6.02. The molecule has 1 atom stereocenters. The van der Waals surface area contributed by atoms with Gasteiger partial charge in [-0.25, -0.2) is 0 Å². The first kappa shape index (κ1) is 12.4. The summed E-state index contributed by atoms with van der Waals surface area (Å²) < 4.78 is 0. The Morgan fingerprint density at radius 1 is 0.938 bits per heavy atom. The van der Waals surface area contributed by atoms with Crippen LogP contribution in [0.2, 0.25) is 0 Å². The molecule has 0 saturated carbocycles. The average molecular weight is 224 g/mol. The van der Waals surface area contributed by atoms with Gasteiger partial charge in [0, 0.05) is 12.1 Å². The van der Waals surface area contributed by atoms with Crippen molar-refractivity contribution in [1.29, 1.82) is 0 Å². The molecule has 2 fully saturated rings. The van der Waals surface area contributed by atoms with Crippen LogP contribution in [0, 0.1) is 0 Å². The molecular formula is C14H28N2. The maximum absolute atomic E-state index is 2.84. The van der Waals surface area contributed by atoms with Gasteiger partial charge in [0.05, 0.1) is 0 Å². The molecule has 2 nitrogen and oxygen atoms in total. The van der Waals surface area contributed by atoms with Crippen LogP contribution in [-0.4, -0.2) is 48.1 Å². The van der Waals surface area contributed by atoms with E-state index in [0.29, 0.717) is 0 Å². The molecule has 2 rings (SSSR count). The predicted octanol–water partition coefficient (Wildman–Crippen LogP) is 2.74. The molecule has 2 heteroatoms. The van der Waals surface area contributed by atoms with Crippen molar-refractivity contribution >= 4 is 0 Å². The summed E-state index contributed by atoms with van der Waals surface area (Å²) in [5.74, 6) is 0. The Labute approximate surface area is 101 Å². The molecule has 0 aromatic carbocycles. The summed E-state index contributed by atoms with van der Waals surface area (Å²) in [6.07, 6.45) is 8.51. The third-order valence-corrected chi connectivity index (χ3v) is 4.62. The Balaban J connectivity index is 1.86. The summed E-state index contributed by atoms with van der Waals surface area (Å²) in [4.78, 5) is 5.44. The highest BCUT2D eigenvalue weighted by atomic mass is 15.2. The van der Waals surface area contributed by atoms with Gasteiger partial charge in [-0.1, -0.05) is 20.3 Å². The maximum atomic E-state index is 2.84. The maximum Gasteiger partial charge on any atom is 0.0122 e. The molecule has 0 aliphatic carbocycles. The van der Waals surface area contributed by atoms with Crippen molar-refractivity contribution in [3.8, 4) is 0 Å². The second-order valence-electron chi connectivity index (χ2n) is 5.46. The van der Waals surface area contributed by atoms with Gasteiger partial charge in [0.15, 0.2) is 0 Å². The SMILES string of the molecule is CCC1CCCCN1C1CCN(CC)CC1. The summed E-state index contributed by atoms with van der Waals surface area (Å²) in [5.41, 5.74) is 0. The van der Waals surface area contributed by atoms with Gasteiger partial charge in [-0.15, -0.1) is 0 Å². The van der Waals surface area contributed by atoms with E-state index in [1.807, 2.05) is 0 Å². The number of piperidine rings is 2. The highest BCUT2D eigenvalue weighted by molar-refractivity contribution is 4.85. The lowest BCUT2D eigenvalue weighted by Gasteiger charge is -2.44. The van der Waals surface area contributed by atoms with Gasteiger partial charge < -0.3 is 4.90 Å². The first-order chi connectivity index (χ1) is 7.85. The number of hydrogen-bond donors (Lipinski definition) is 0. The third-order valence-electron chi connectivity index (χ3n) is 4.62. The van der Waals surface area contributed by atoms with Gasteiger partial charge in [-0.05, 0) is 58.3 Å². The number of rotatable bonds is 3. The Hall–Kier alpha value is -0.0800. The van der Waals surface area contributed by atoms with E-state index >= 15 is 0 Å². The van der Waals surface area contributed by atoms with Crippen molar-refractivity contribution in [1.82, 2.24) is 9.80 Å². The summed E-state index contributed by atoms with van der Waals surface area (Å²) in [6.45, 7) is 9.92. The van der Waals surface area contributed by atoms with E-state index in [-0.39, 0.29) is 0 Å². The summed E-state index contributed by atoms with van der Waals surface area (Å²) in [6, 6.07) is 1.79. The predicted molar refractivity (Wildman–Crippen MR) is 69.8 cm³/mol. The molecule has 2 aliphatic rings. The van der Waals surface area contributed by atoms with Gasteiger partial charge >= 0.3 is 0 Å². The Morgan fingerprint density at radius 3 is 2.31 bits per heavy atom. The molecule has 0 N–H and O–H groups in total. The molecule has 2 saturated heterocycles. The van der Waals surface area contributed by atoms with Gasteiger partial charge in [0.2, 0.25) is 0 Å². The van der Waals surface area contributed by atoms with Gasteiger partial charge in [0.1, 0.15) is 0 Å². The molecule has 0 amide bonds. The quantitative estimate of drug-likeness (QED) is 0.727. The van der Waals surface area contributed by atoms with Gasteiger partial charge in [-0.3, -0.25) is 4.90 Å². The number of hydrogen-bond acceptors (Lipinski definition) is 2. The lowest BCUT2D eigenvalue weighted by molar-refractivity contribution is 0.0500. The summed E-state index contributed by atoms with van der Waals surface area (Å²) >= 11 is 0. The van der Waals surface area contributed by atoms with Crippen LogP contribution in [0.4, 0.5) is 0 Å². The standard InChI is InChI=1S/C14H28N2/c1-3-13-7-5-6-10-16(13)14-8-11-15(4-2)12-9-14/h13-14H,3-12H2,1-2H3. The molecule has 0 aromatic heterocycles. The Bertz CT molecular complexity index is 197. The highest BCUT2D eigenvalue weighted by Crippen LogP contribution is 2.26. The monoisotopic (exact) mass is 224 g/mol. The van der Waals surface area contributed by atoms with Crippen LogP contribution in [0.5, 0.6) is 0 Å². The van der Waals surface area contributed by atoms with Crippen molar-refractivity contribution in [2.45, 2.75) is 64.5 Å². The summed E-state index contributed by atoms with van der Waals surface area (Å²) in [5, 5.41) is 0. The first-order valence-electron chi connectivity index (χ1n) is 7.33. The fourth-order valence-electron chi connectivity index (χ4n) is 3.51. The van der Waals surface area contributed by atoms with Crippen LogP contribution in [0.1, 0.15) is 52.4 Å². The molecule has 94 valence electrons. The molecular weight excluding hydrogens is 196 g/mol. The van der Waals surface area contributed by atoms with E-state index in [1.54, 1.807) is 0 Å². The van der Waals surface area contributed by atoms with Crippen molar-refractivity contribution < 1.29 is 0 Å². The van der Waals surface area contributed by atoms with E-state index in [1.165, 1.54) is 64.7 Å². The van der Waals surface area contributed by atoms with E-state index in [9.17, 15) is 0 Å². The molecule has 1 unspecified atom stereocenters. The molecule has 2 aliphatic heterocycles. The molecule has 0 spiro atoms. The summed E-state index contributed by atoms with van der Waals surface area (Å²) in [7, 11) is 0. The minimum absolute atomic E-state index is 0.895. The van der Waals surface area contributed by atoms with Gasteiger partial charge in [0.25, 0.3) is 0 Å². The lowest BCUT2D eigenvalue weighted by atomic mass is 9.94. The Kier molecular flexibility index (Phi) is 4.66. The van der Waals surface area contributed by atoms with Crippen molar-refractivity contribution in [3.05, 3.63) is 0 Å². The topological polar surface area (TPSA) is 6.48 Å². The number of nitrogens with zero attached hydrogens (tertiary/aromatic N) is 2. The van der Waals surface area contributed by atoms with E-state index in [2.05, 4.69) is 23.6 Å². The molecule has 0 aromatic rings. The average Bonchev–Trinajstić information content (AvgIpc) is 2.39. The van der Waals surface area contributed by atoms with E-state index in [4.69, 9.17) is 0 Å². The minimum Gasteiger partial charge on any atom is -0.303 e. The van der Waals surface area contributed by atoms with Crippen LogP contribution in [0.25, 0.3) is 0 Å². The van der Waals surface area contributed by atoms with Crippen molar-refractivity contribution in [2.24, 2.45) is 0 Å². The molecule has 0 bridgehead atoms. The fraction of sp³-hybridized carbons (Fsp3) is 1.00. The third kappa shape index (κ3) is 2.78. The highest BCUT2D eigenvalue weighted by Gasteiger charge is 2.29. The van der Waals surface area contributed by atoms with Gasteiger partial charge in [-0.2, -0.15) is 0 Å². The molecule has 2 heterocycles. The second-order valence-corrected chi connectivity index (χ2v) is 5.46. The normalized spacial score (nSPS) is 30.8. The lowest BCUT2D eigenvalue weighted by Crippen LogP contribution is -2.50. The van der Waals surface area contributed by atoms with Crippen molar-refractivity contribution in [2.75, 3.05) is 26.2 Å². The zero-order chi connectivity index (χ0) is 11.4. The van der Waals surface area contributed by atoms with Crippen molar-refractivity contribution in [3.63, 3.8) is 0 Å². The minimum atomic E-state index is 0.895. The molecule has 0 radical (unpaired) electrons. The van der Waals surface area contributed by atoms with Crippen LogP contribution < -0.4 is 0 Å². The fourth-order valence-corrected chi connectivity index (χ4v) is 3.51. The van der Waals surface area contributed by atoms with Crippen LogP contribution in [0.3, 0.4) is 0 Å².